The third kappa shape index (κ3) is 6.02. The first-order chi connectivity index (χ1) is 8.11. The second kappa shape index (κ2) is 7.65. The quantitative estimate of drug-likeness (QED) is 0.696. The number of thioether (sulfide) groups is 1. The Labute approximate surface area is 108 Å². The van der Waals surface area contributed by atoms with Gasteiger partial charge in [0.2, 0.25) is 0 Å². The maximum Gasteiger partial charge on any atom is 0.309 e. The minimum atomic E-state index is -0.886. The van der Waals surface area contributed by atoms with Crippen molar-refractivity contribution in [3.05, 3.63) is 11.1 Å². The molecule has 5 nitrogen and oxygen atoms in total. The summed E-state index contributed by atoms with van der Waals surface area (Å²) < 4.78 is 5.86. The molecule has 1 aromatic heterocycles. The Morgan fingerprint density at radius 3 is 3.12 bits per heavy atom. The zero-order valence-corrected chi connectivity index (χ0v) is 11.1. The van der Waals surface area contributed by atoms with Crippen molar-refractivity contribution in [3.8, 4) is 0 Å². The molecule has 0 fully saturated rings. The van der Waals surface area contributed by atoms with Crippen LogP contribution in [0.1, 0.15) is 12.6 Å². The highest BCUT2D eigenvalue weighted by Crippen LogP contribution is 2.23. The number of aliphatic hydroxyl groups is 1. The molecule has 1 unspecified atom stereocenters. The normalized spacial score (nSPS) is 12.6. The molecule has 0 bridgehead atoms. The number of aliphatic hydroxyl groups excluding tert-OH is 1. The van der Waals surface area contributed by atoms with Gasteiger partial charge >= 0.3 is 5.97 Å². The van der Waals surface area contributed by atoms with Crippen LogP contribution in [0.4, 0.5) is 0 Å². The van der Waals surface area contributed by atoms with E-state index in [9.17, 15) is 9.90 Å². The van der Waals surface area contributed by atoms with Crippen LogP contribution in [0.25, 0.3) is 0 Å². The molecule has 1 rings (SSSR count). The number of carbonyl (C=O) groups is 1. The summed E-state index contributed by atoms with van der Waals surface area (Å²) in [5, 5.41) is 19.9. The van der Waals surface area contributed by atoms with Gasteiger partial charge in [-0.25, -0.2) is 4.98 Å². The van der Waals surface area contributed by atoms with E-state index in [2.05, 4.69) is 4.98 Å². The van der Waals surface area contributed by atoms with E-state index in [0.717, 1.165) is 4.34 Å². The molecule has 1 atom stereocenters. The van der Waals surface area contributed by atoms with Gasteiger partial charge in [0, 0.05) is 17.7 Å². The number of hydrogen-bond donors (Lipinski definition) is 2. The summed E-state index contributed by atoms with van der Waals surface area (Å²) in [5.74, 6) is -0.386. The van der Waals surface area contributed by atoms with E-state index in [1.54, 1.807) is 5.38 Å². The predicted molar refractivity (Wildman–Crippen MR) is 66.7 cm³/mol. The van der Waals surface area contributed by atoms with Crippen LogP contribution in [0.5, 0.6) is 0 Å². The summed E-state index contributed by atoms with van der Waals surface area (Å²) in [6.45, 7) is 2.78. The SMILES string of the molecule is CCOCC(O)CSc1nc(CC(=O)O)cs1. The number of thiazole rings is 1. The van der Waals surface area contributed by atoms with Crippen LogP contribution in [0, 0.1) is 0 Å². The lowest BCUT2D eigenvalue weighted by Crippen LogP contribution is -2.17. The molecular weight excluding hydrogens is 262 g/mol. The Balaban J connectivity index is 2.31. The largest absolute Gasteiger partial charge is 0.481 e. The van der Waals surface area contributed by atoms with E-state index in [1.807, 2.05) is 6.92 Å². The van der Waals surface area contributed by atoms with E-state index in [1.165, 1.54) is 23.1 Å². The van der Waals surface area contributed by atoms with Crippen LogP contribution < -0.4 is 0 Å². The van der Waals surface area contributed by atoms with E-state index < -0.39 is 12.1 Å². The van der Waals surface area contributed by atoms with Crippen LogP contribution in [-0.2, 0) is 16.0 Å². The van der Waals surface area contributed by atoms with Gasteiger partial charge in [-0.3, -0.25) is 4.79 Å². The van der Waals surface area contributed by atoms with Crippen molar-refractivity contribution in [1.82, 2.24) is 4.98 Å². The highest BCUT2D eigenvalue weighted by Gasteiger charge is 2.09. The fourth-order valence-corrected chi connectivity index (χ4v) is 2.84. The number of rotatable bonds is 8. The first kappa shape index (κ1) is 14.4. The van der Waals surface area contributed by atoms with Gasteiger partial charge in [-0.1, -0.05) is 11.8 Å². The summed E-state index contributed by atoms with van der Waals surface area (Å²) in [6, 6.07) is 0. The second-order valence-corrected chi connectivity index (χ2v) is 5.42. The zero-order valence-electron chi connectivity index (χ0n) is 9.46. The van der Waals surface area contributed by atoms with E-state index in [0.29, 0.717) is 24.7 Å². The van der Waals surface area contributed by atoms with Gasteiger partial charge in [-0.15, -0.1) is 11.3 Å². The van der Waals surface area contributed by atoms with Crippen molar-refractivity contribution in [2.45, 2.75) is 23.8 Å². The van der Waals surface area contributed by atoms with Crippen molar-refractivity contribution in [2.24, 2.45) is 0 Å². The molecule has 0 aliphatic heterocycles. The second-order valence-electron chi connectivity index (χ2n) is 3.30. The van der Waals surface area contributed by atoms with Gasteiger partial charge in [0.1, 0.15) is 4.34 Å². The standard InChI is InChI=1S/C10H15NO4S2/c1-2-15-4-8(12)6-17-10-11-7(5-16-10)3-9(13)14/h5,8,12H,2-4,6H2,1H3,(H,13,14). The monoisotopic (exact) mass is 277 g/mol. The van der Waals surface area contributed by atoms with E-state index >= 15 is 0 Å². The fraction of sp³-hybridized carbons (Fsp3) is 0.600. The zero-order chi connectivity index (χ0) is 12.7. The minimum absolute atomic E-state index is 0.0570. The maximum atomic E-state index is 10.5. The predicted octanol–water partition coefficient (Wildman–Crippen LogP) is 1.26. The number of nitrogens with zero attached hydrogens (tertiary/aromatic N) is 1. The van der Waals surface area contributed by atoms with Gasteiger partial charge < -0.3 is 14.9 Å². The third-order valence-electron chi connectivity index (χ3n) is 1.78. The molecular formula is C10H15NO4S2. The average molecular weight is 277 g/mol. The summed E-state index contributed by atoms with van der Waals surface area (Å²) in [4.78, 5) is 14.6. The molecule has 17 heavy (non-hydrogen) atoms. The van der Waals surface area contributed by atoms with Crippen molar-refractivity contribution in [1.29, 1.82) is 0 Å². The topological polar surface area (TPSA) is 79.7 Å². The minimum Gasteiger partial charge on any atom is -0.481 e. The Bertz CT molecular complexity index is 356. The highest BCUT2D eigenvalue weighted by molar-refractivity contribution is 8.01. The summed E-state index contributed by atoms with van der Waals surface area (Å²) in [6.07, 6.45) is -0.578. The van der Waals surface area contributed by atoms with Crippen molar-refractivity contribution in [3.63, 3.8) is 0 Å². The van der Waals surface area contributed by atoms with Crippen LogP contribution >= 0.6 is 23.1 Å². The summed E-state index contributed by atoms with van der Waals surface area (Å²) >= 11 is 2.81. The number of aromatic nitrogens is 1. The third-order valence-corrected chi connectivity index (χ3v) is 3.99. The van der Waals surface area contributed by atoms with Crippen molar-refractivity contribution in [2.75, 3.05) is 19.0 Å². The van der Waals surface area contributed by atoms with E-state index in [4.69, 9.17) is 9.84 Å². The number of aliphatic carboxylic acids is 1. The van der Waals surface area contributed by atoms with Crippen LogP contribution in [0.2, 0.25) is 0 Å². The Hall–Kier alpha value is -0.630. The van der Waals surface area contributed by atoms with Crippen LogP contribution in [-0.4, -0.2) is 46.2 Å². The Morgan fingerprint density at radius 2 is 2.47 bits per heavy atom. The van der Waals surface area contributed by atoms with Crippen LogP contribution in [0.3, 0.4) is 0 Å². The van der Waals surface area contributed by atoms with Gasteiger partial charge in [0.05, 0.1) is 24.8 Å². The lowest BCUT2D eigenvalue weighted by Gasteiger charge is -2.08. The van der Waals surface area contributed by atoms with Crippen molar-refractivity contribution >= 4 is 29.1 Å². The molecule has 0 aliphatic rings. The van der Waals surface area contributed by atoms with Gasteiger partial charge in [-0.05, 0) is 6.92 Å². The van der Waals surface area contributed by atoms with Gasteiger partial charge in [0.25, 0.3) is 0 Å². The fourth-order valence-electron chi connectivity index (χ4n) is 1.06. The van der Waals surface area contributed by atoms with Crippen molar-refractivity contribution < 1.29 is 19.7 Å². The summed E-state index contributed by atoms with van der Waals surface area (Å²) in [5.41, 5.74) is 0.560. The molecule has 7 heteroatoms. The molecule has 0 saturated carbocycles. The molecule has 2 N–H and O–H groups in total. The molecule has 1 aromatic rings. The lowest BCUT2D eigenvalue weighted by atomic mass is 10.3. The molecule has 1 heterocycles. The van der Waals surface area contributed by atoms with E-state index in [-0.39, 0.29) is 6.42 Å². The number of carboxylic acid groups (broad SMARTS) is 1. The Kier molecular flexibility index (Phi) is 6.49. The van der Waals surface area contributed by atoms with Gasteiger partial charge in [0.15, 0.2) is 0 Å². The number of carboxylic acids is 1. The first-order valence-corrected chi connectivity index (χ1v) is 7.03. The first-order valence-electron chi connectivity index (χ1n) is 5.16. The molecule has 0 aromatic carbocycles. The van der Waals surface area contributed by atoms with Crippen LogP contribution in [0.15, 0.2) is 9.72 Å². The number of ether oxygens (including phenoxy) is 1. The summed E-state index contributed by atoms with van der Waals surface area (Å²) in [7, 11) is 0. The number of hydrogen-bond acceptors (Lipinski definition) is 6. The maximum absolute atomic E-state index is 10.5. The smallest absolute Gasteiger partial charge is 0.309 e. The lowest BCUT2D eigenvalue weighted by molar-refractivity contribution is -0.136. The van der Waals surface area contributed by atoms with Gasteiger partial charge in [-0.2, -0.15) is 0 Å². The molecule has 96 valence electrons. The molecule has 0 aliphatic carbocycles. The molecule has 0 saturated heterocycles. The highest BCUT2D eigenvalue weighted by atomic mass is 32.2. The molecule has 0 amide bonds. The molecule has 0 radical (unpaired) electrons. The average Bonchev–Trinajstić information content (AvgIpc) is 2.70. The Morgan fingerprint density at radius 1 is 1.71 bits per heavy atom. The molecule has 0 spiro atoms.